The Morgan fingerprint density at radius 3 is 2.11 bits per heavy atom. The van der Waals surface area contributed by atoms with Crippen molar-refractivity contribution in [2.24, 2.45) is 0 Å². The van der Waals surface area contributed by atoms with Gasteiger partial charge >= 0.3 is 0 Å². The Kier molecular flexibility index (Phi) is 5.25. The lowest BCUT2D eigenvalue weighted by Crippen LogP contribution is -2.16. The second-order valence-electron chi connectivity index (χ2n) is 13.0. The minimum atomic E-state index is -0.0888. The van der Waals surface area contributed by atoms with Crippen LogP contribution in [0.2, 0.25) is 0 Å². The molecule has 2 aromatic heterocycles. The molecule has 0 saturated heterocycles. The molecule has 0 N–H and O–H groups in total. The van der Waals surface area contributed by atoms with Crippen molar-refractivity contribution in [2.45, 2.75) is 19.3 Å². The molecule has 2 heterocycles. The van der Waals surface area contributed by atoms with Gasteiger partial charge in [-0.2, -0.15) is 0 Å². The van der Waals surface area contributed by atoms with E-state index in [1.54, 1.807) is 0 Å². The molecule has 0 aliphatic heterocycles. The highest BCUT2D eigenvalue weighted by molar-refractivity contribution is 7.25. The highest BCUT2D eigenvalue weighted by Crippen LogP contribution is 2.51. The van der Waals surface area contributed by atoms with E-state index in [1.165, 1.54) is 53.2 Å². The molecule has 0 saturated carbocycles. The van der Waals surface area contributed by atoms with Gasteiger partial charge in [-0.1, -0.05) is 86.6 Å². The van der Waals surface area contributed by atoms with Crippen LogP contribution in [0.15, 0.2) is 144 Å². The van der Waals surface area contributed by atoms with E-state index in [2.05, 4.69) is 146 Å². The van der Waals surface area contributed by atoms with E-state index in [9.17, 15) is 0 Å². The van der Waals surface area contributed by atoms with Crippen LogP contribution in [-0.4, -0.2) is 0 Å². The number of thiophene rings is 1. The molecule has 0 atom stereocenters. The van der Waals surface area contributed by atoms with Crippen molar-refractivity contribution >= 4 is 81.3 Å². The molecule has 0 fully saturated rings. The Bertz CT molecular complexity index is 2690. The topological polar surface area (TPSA) is 16.4 Å². The summed E-state index contributed by atoms with van der Waals surface area (Å²) in [5, 5.41) is 7.41. The molecule has 9 aromatic rings. The second-order valence-corrected chi connectivity index (χ2v) is 14.1. The van der Waals surface area contributed by atoms with Gasteiger partial charge in [-0.25, -0.2) is 0 Å². The maximum Gasteiger partial charge on any atom is 0.135 e. The molecular weight excluding hydrogens is 579 g/mol. The number of hydrogen-bond donors (Lipinski definition) is 0. The first-order valence-electron chi connectivity index (χ1n) is 15.8. The number of rotatable bonds is 3. The summed E-state index contributed by atoms with van der Waals surface area (Å²) in [4.78, 5) is 2.41. The zero-order valence-electron chi connectivity index (χ0n) is 25.5. The van der Waals surface area contributed by atoms with Gasteiger partial charge in [-0.15, -0.1) is 11.3 Å². The minimum absolute atomic E-state index is 0.0888. The van der Waals surface area contributed by atoms with Crippen molar-refractivity contribution in [1.82, 2.24) is 0 Å². The van der Waals surface area contributed by atoms with Crippen LogP contribution in [0.5, 0.6) is 0 Å². The van der Waals surface area contributed by atoms with Crippen LogP contribution in [0.1, 0.15) is 25.0 Å². The molecule has 0 amide bonds. The van der Waals surface area contributed by atoms with E-state index >= 15 is 0 Å². The Morgan fingerprint density at radius 1 is 0.478 bits per heavy atom. The van der Waals surface area contributed by atoms with Gasteiger partial charge in [0.2, 0.25) is 0 Å². The number of fused-ring (bicyclic) bond motifs is 10. The molecule has 0 radical (unpaired) electrons. The first kappa shape index (κ1) is 25.9. The Hall–Kier alpha value is -5.38. The normalized spacial score (nSPS) is 13.6. The Balaban J connectivity index is 1.20. The average Bonchev–Trinajstić information content (AvgIpc) is 3.71. The predicted molar refractivity (Wildman–Crippen MR) is 196 cm³/mol. The number of furan rings is 1. The highest BCUT2D eigenvalue weighted by atomic mass is 32.1. The third-order valence-corrected chi connectivity index (χ3v) is 11.2. The van der Waals surface area contributed by atoms with Crippen LogP contribution in [0, 0.1) is 0 Å². The van der Waals surface area contributed by atoms with Gasteiger partial charge in [-0.3, -0.25) is 0 Å². The van der Waals surface area contributed by atoms with Gasteiger partial charge in [0, 0.05) is 53.4 Å². The summed E-state index contributed by atoms with van der Waals surface area (Å²) in [5.74, 6) is 0. The van der Waals surface area contributed by atoms with E-state index < -0.39 is 0 Å². The van der Waals surface area contributed by atoms with Gasteiger partial charge in [-0.05, 0) is 99.8 Å². The molecule has 3 heteroatoms. The fraction of sp³-hybridized carbons (Fsp3) is 0.0698. The van der Waals surface area contributed by atoms with E-state index in [0.717, 1.165) is 39.0 Å². The zero-order chi connectivity index (χ0) is 30.6. The second kappa shape index (κ2) is 9.32. The third kappa shape index (κ3) is 3.64. The van der Waals surface area contributed by atoms with Crippen molar-refractivity contribution in [3.05, 3.63) is 151 Å². The smallest absolute Gasteiger partial charge is 0.135 e. The number of para-hydroxylation sites is 1. The molecule has 46 heavy (non-hydrogen) atoms. The lowest BCUT2D eigenvalue weighted by Gasteiger charge is -2.28. The molecule has 0 bridgehead atoms. The summed E-state index contributed by atoms with van der Waals surface area (Å²) in [6, 6.07) is 51.1. The van der Waals surface area contributed by atoms with Crippen LogP contribution >= 0.6 is 11.3 Å². The maximum absolute atomic E-state index is 6.23. The van der Waals surface area contributed by atoms with Gasteiger partial charge < -0.3 is 9.32 Å². The van der Waals surface area contributed by atoms with Crippen LogP contribution < -0.4 is 4.90 Å². The summed E-state index contributed by atoms with van der Waals surface area (Å²) in [6.07, 6.45) is 0. The molecule has 218 valence electrons. The molecule has 0 unspecified atom stereocenters. The molecule has 1 aliphatic carbocycles. The number of hydrogen-bond acceptors (Lipinski definition) is 3. The zero-order valence-corrected chi connectivity index (χ0v) is 26.4. The van der Waals surface area contributed by atoms with Crippen LogP contribution in [0.4, 0.5) is 17.1 Å². The van der Waals surface area contributed by atoms with Gasteiger partial charge in [0.25, 0.3) is 0 Å². The quantitative estimate of drug-likeness (QED) is 0.199. The summed E-state index contributed by atoms with van der Waals surface area (Å²) in [7, 11) is 0. The van der Waals surface area contributed by atoms with Gasteiger partial charge in [0.1, 0.15) is 11.2 Å². The maximum atomic E-state index is 6.23. The standard InChI is InChI=1S/C43H29NOS/c1-43(2)37-12-6-3-9-31(37)32-19-17-30(25-38(32)43)44(29-18-20-40-35(24-29)33-10-4-7-13-39(33)45-40)28-16-15-26-22-36-34-11-5-8-14-41(34)46-42(36)23-27(26)21-28/h3-25H,1-2H3. The number of benzene rings is 7. The molecule has 0 spiro atoms. The van der Waals surface area contributed by atoms with Crippen molar-refractivity contribution < 1.29 is 4.42 Å². The average molecular weight is 608 g/mol. The summed E-state index contributed by atoms with van der Waals surface area (Å²) < 4.78 is 8.88. The monoisotopic (exact) mass is 607 g/mol. The van der Waals surface area contributed by atoms with Crippen molar-refractivity contribution in [3.8, 4) is 11.1 Å². The first-order valence-corrected chi connectivity index (χ1v) is 16.7. The largest absolute Gasteiger partial charge is 0.456 e. The van der Waals surface area contributed by atoms with E-state index in [-0.39, 0.29) is 5.41 Å². The number of anilines is 3. The predicted octanol–water partition coefficient (Wildman–Crippen LogP) is 12.9. The SMILES string of the molecule is CC1(C)c2ccccc2-c2ccc(N(c3ccc4cc5c(cc4c3)sc3ccccc35)c3ccc4oc5ccccc5c4c3)cc21. The van der Waals surface area contributed by atoms with E-state index in [0.29, 0.717) is 0 Å². The van der Waals surface area contributed by atoms with E-state index in [1.807, 2.05) is 23.5 Å². The lowest BCUT2D eigenvalue weighted by atomic mass is 9.82. The van der Waals surface area contributed by atoms with Gasteiger partial charge in [0.15, 0.2) is 0 Å². The highest BCUT2D eigenvalue weighted by Gasteiger charge is 2.35. The molecular formula is C43H29NOS. The number of nitrogens with zero attached hydrogens (tertiary/aromatic N) is 1. The van der Waals surface area contributed by atoms with Gasteiger partial charge in [0.05, 0.1) is 0 Å². The third-order valence-electron chi connectivity index (χ3n) is 10.0. The van der Waals surface area contributed by atoms with Crippen molar-refractivity contribution in [1.29, 1.82) is 0 Å². The fourth-order valence-electron chi connectivity index (χ4n) is 7.73. The van der Waals surface area contributed by atoms with Crippen LogP contribution in [0.25, 0.3) is 64.0 Å². The molecule has 2 nitrogen and oxygen atoms in total. The molecule has 1 aliphatic rings. The Labute approximate surface area is 270 Å². The van der Waals surface area contributed by atoms with Crippen molar-refractivity contribution in [3.63, 3.8) is 0 Å². The Morgan fingerprint density at radius 2 is 1.17 bits per heavy atom. The van der Waals surface area contributed by atoms with Crippen LogP contribution in [-0.2, 0) is 5.41 Å². The van der Waals surface area contributed by atoms with Crippen LogP contribution in [0.3, 0.4) is 0 Å². The molecule has 10 rings (SSSR count). The van der Waals surface area contributed by atoms with E-state index in [4.69, 9.17) is 4.42 Å². The fourth-order valence-corrected chi connectivity index (χ4v) is 8.86. The summed E-state index contributed by atoms with van der Waals surface area (Å²) in [5.41, 5.74) is 10.5. The summed E-state index contributed by atoms with van der Waals surface area (Å²) in [6.45, 7) is 4.70. The minimum Gasteiger partial charge on any atom is -0.456 e. The molecule has 7 aromatic carbocycles. The van der Waals surface area contributed by atoms with Crippen molar-refractivity contribution in [2.75, 3.05) is 4.90 Å². The summed E-state index contributed by atoms with van der Waals surface area (Å²) >= 11 is 1.87. The first-order chi connectivity index (χ1) is 22.5. The lowest BCUT2D eigenvalue weighted by molar-refractivity contribution is 0.660.